The van der Waals surface area contributed by atoms with E-state index in [0.717, 1.165) is 29.4 Å². The molecule has 3 rings (SSSR count). The number of unbranched alkanes of at least 4 members (excludes halogenated alkanes) is 1. The largest absolute Gasteiger partial charge is 0.497 e. The monoisotopic (exact) mass is 332 g/mol. The van der Waals surface area contributed by atoms with Crippen LogP contribution in [-0.4, -0.2) is 11.7 Å². The van der Waals surface area contributed by atoms with E-state index in [0.29, 0.717) is 23.4 Å². The minimum Gasteiger partial charge on any atom is -0.497 e. The van der Waals surface area contributed by atoms with Gasteiger partial charge in [-0.05, 0) is 30.2 Å². The molecule has 0 saturated carbocycles. The van der Waals surface area contributed by atoms with Crippen LogP contribution >= 0.6 is 0 Å². The number of methoxy groups -OCH3 is 1. The summed E-state index contributed by atoms with van der Waals surface area (Å²) in [6.45, 7) is 2.61. The Morgan fingerprint density at radius 3 is 2.52 bits per heavy atom. The lowest BCUT2D eigenvalue weighted by Crippen LogP contribution is -2.24. The second kappa shape index (κ2) is 7.23. The number of benzene rings is 2. The maximum absolute atomic E-state index is 13.0. The molecule has 0 amide bonds. The molecular weight excluding hydrogens is 312 g/mol. The molecule has 126 valence electrons. The average Bonchev–Trinajstić information content (AvgIpc) is 2.67. The molecule has 4 heteroatoms. The maximum atomic E-state index is 13.0. The first-order chi connectivity index (χ1) is 12.2. The number of ether oxygens (including phenoxy) is 1. The Morgan fingerprint density at radius 2 is 1.88 bits per heavy atom. The van der Waals surface area contributed by atoms with Crippen LogP contribution in [0.4, 0.5) is 0 Å². The number of nitriles is 1. The molecule has 0 unspecified atom stereocenters. The van der Waals surface area contributed by atoms with Crippen molar-refractivity contribution < 1.29 is 4.74 Å². The van der Waals surface area contributed by atoms with E-state index in [1.807, 2.05) is 36.4 Å². The number of fused-ring (bicyclic) bond motifs is 1. The fourth-order valence-electron chi connectivity index (χ4n) is 3.10. The highest BCUT2D eigenvalue weighted by atomic mass is 16.5. The van der Waals surface area contributed by atoms with Gasteiger partial charge in [0.2, 0.25) is 0 Å². The number of aromatic nitrogens is 1. The van der Waals surface area contributed by atoms with E-state index in [2.05, 4.69) is 13.0 Å². The van der Waals surface area contributed by atoms with E-state index in [1.54, 1.807) is 23.8 Å². The quantitative estimate of drug-likeness (QED) is 0.698. The van der Waals surface area contributed by atoms with Gasteiger partial charge in [0.15, 0.2) is 0 Å². The predicted molar refractivity (Wildman–Crippen MR) is 99.8 cm³/mol. The van der Waals surface area contributed by atoms with Crippen molar-refractivity contribution in [2.45, 2.75) is 26.3 Å². The van der Waals surface area contributed by atoms with Crippen LogP contribution in [0, 0.1) is 11.3 Å². The third-order valence-corrected chi connectivity index (χ3v) is 4.38. The molecule has 1 heterocycles. The highest BCUT2D eigenvalue weighted by molar-refractivity contribution is 5.99. The first kappa shape index (κ1) is 16.8. The van der Waals surface area contributed by atoms with E-state index < -0.39 is 0 Å². The molecule has 4 nitrogen and oxygen atoms in total. The Morgan fingerprint density at radius 1 is 1.12 bits per heavy atom. The van der Waals surface area contributed by atoms with Crippen molar-refractivity contribution >= 4 is 10.8 Å². The van der Waals surface area contributed by atoms with E-state index in [-0.39, 0.29) is 5.56 Å². The first-order valence-electron chi connectivity index (χ1n) is 8.41. The minimum absolute atomic E-state index is 0.123. The van der Waals surface area contributed by atoms with Crippen LogP contribution in [0.15, 0.2) is 53.3 Å². The lowest BCUT2D eigenvalue weighted by Gasteiger charge is -2.16. The standard InChI is InChI=1S/C21H20N2O2/c1-3-4-12-23-19(14-22)20(15-8-6-5-7-9-15)18-13-16(25-2)10-11-17(18)21(23)24/h5-11,13H,3-4,12H2,1-2H3. The highest BCUT2D eigenvalue weighted by Crippen LogP contribution is 2.32. The Hall–Kier alpha value is -3.06. The summed E-state index contributed by atoms with van der Waals surface area (Å²) in [6, 6.07) is 17.4. The fraction of sp³-hybridized carbons (Fsp3) is 0.238. The lowest BCUT2D eigenvalue weighted by molar-refractivity contribution is 0.415. The van der Waals surface area contributed by atoms with E-state index in [4.69, 9.17) is 4.74 Å². The van der Waals surface area contributed by atoms with Gasteiger partial charge in [-0.15, -0.1) is 0 Å². The lowest BCUT2D eigenvalue weighted by atomic mass is 9.96. The van der Waals surface area contributed by atoms with Crippen LogP contribution in [0.5, 0.6) is 5.75 Å². The van der Waals surface area contributed by atoms with Crippen molar-refractivity contribution in [3.63, 3.8) is 0 Å². The Balaban J connectivity index is 2.45. The molecule has 0 N–H and O–H groups in total. The Kier molecular flexibility index (Phi) is 4.85. The van der Waals surface area contributed by atoms with Gasteiger partial charge >= 0.3 is 0 Å². The zero-order valence-corrected chi connectivity index (χ0v) is 14.5. The van der Waals surface area contributed by atoms with Gasteiger partial charge in [-0.3, -0.25) is 9.36 Å². The van der Waals surface area contributed by atoms with Gasteiger partial charge in [0, 0.05) is 22.9 Å². The molecule has 0 radical (unpaired) electrons. The third-order valence-electron chi connectivity index (χ3n) is 4.38. The van der Waals surface area contributed by atoms with Crippen molar-refractivity contribution in [2.75, 3.05) is 7.11 Å². The van der Waals surface area contributed by atoms with Gasteiger partial charge in [0.1, 0.15) is 17.5 Å². The topological polar surface area (TPSA) is 55.0 Å². The molecule has 0 fully saturated rings. The number of hydrogen-bond donors (Lipinski definition) is 0. The smallest absolute Gasteiger partial charge is 0.259 e. The summed E-state index contributed by atoms with van der Waals surface area (Å²) in [7, 11) is 1.59. The van der Waals surface area contributed by atoms with Gasteiger partial charge in [-0.25, -0.2) is 0 Å². The maximum Gasteiger partial charge on any atom is 0.259 e. The van der Waals surface area contributed by atoms with Crippen LogP contribution in [-0.2, 0) is 6.54 Å². The molecule has 3 aromatic rings. The Labute approximate surface area is 146 Å². The number of pyridine rings is 1. The highest BCUT2D eigenvalue weighted by Gasteiger charge is 2.18. The molecule has 0 aliphatic heterocycles. The van der Waals surface area contributed by atoms with Crippen molar-refractivity contribution in [2.24, 2.45) is 0 Å². The SMILES string of the molecule is CCCCn1c(C#N)c(-c2ccccc2)c2cc(OC)ccc2c1=O. The van der Waals surface area contributed by atoms with Gasteiger partial charge in [0.25, 0.3) is 5.56 Å². The van der Waals surface area contributed by atoms with Crippen molar-refractivity contribution in [3.05, 3.63) is 64.6 Å². The van der Waals surface area contributed by atoms with Gasteiger partial charge in [-0.2, -0.15) is 5.26 Å². The zero-order chi connectivity index (χ0) is 17.8. The summed E-state index contributed by atoms with van der Waals surface area (Å²) in [6.07, 6.45) is 1.81. The molecular formula is C21H20N2O2. The van der Waals surface area contributed by atoms with Crippen molar-refractivity contribution in [3.8, 4) is 22.9 Å². The number of nitrogens with zero attached hydrogens (tertiary/aromatic N) is 2. The third kappa shape index (κ3) is 3.01. The summed E-state index contributed by atoms with van der Waals surface area (Å²) in [4.78, 5) is 13.0. The summed E-state index contributed by atoms with van der Waals surface area (Å²) in [5.41, 5.74) is 1.99. The zero-order valence-electron chi connectivity index (χ0n) is 14.5. The van der Waals surface area contributed by atoms with Crippen LogP contribution in [0.1, 0.15) is 25.5 Å². The summed E-state index contributed by atoms with van der Waals surface area (Å²) < 4.78 is 6.94. The number of hydrogen-bond acceptors (Lipinski definition) is 3. The van der Waals surface area contributed by atoms with Crippen molar-refractivity contribution in [1.29, 1.82) is 5.26 Å². The molecule has 0 bridgehead atoms. The Bertz CT molecular complexity index is 998. The molecule has 0 saturated heterocycles. The molecule has 25 heavy (non-hydrogen) atoms. The average molecular weight is 332 g/mol. The summed E-state index contributed by atoms with van der Waals surface area (Å²) in [5, 5.41) is 11.2. The molecule has 0 aliphatic carbocycles. The van der Waals surface area contributed by atoms with E-state index in [9.17, 15) is 10.1 Å². The van der Waals surface area contributed by atoms with Crippen LogP contribution in [0.25, 0.3) is 21.9 Å². The molecule has 1 aromatic heterocycles. The van der Waals surface area contributed by atoms with Crippen LogP contribution in [0.3, 0.4) is 0 Å². The van der Waals surface area contributed by atoms with E-state index >= 15 is 0 Å². The second-order valence-corrected chi connectivity index (χ2v) is 5.92. The first-order valence-corrected chi connectivity index (χ1v) is 8.41. The predicted octanol–water partition coefficient (Wildman–Crippen LogP) is 4.35. The fourth-order valence-corrected chi connectivity index (χ4v) is 3.10. The second-order valence-electron chi connectivity index (χ2n) is 5.92. The molecule has 2 aromatic carbocycles. The van der Waals surface area contributed by atoms with Crippen molar-refractivity contribution in [1.82, 2.24) is 4.57 Å². The molecule has 0 spiro atoms. The molecule has 0 atom stereocenters. The van der Waals surface area contributed by atoms with E-state index in [1.165, 1.54) is 0 Å². The van der Waals surface area contributed by atoms with Crippen LogP contribution < -0.4 is 10.3 Å². The molecule has 0 aliphatic rings. The normalized spacial score (nSPS) is 10.6. The summed E-state index contributed by atoms with van der Waals surface area (Å²) >= 11 is 0. The summed E-state index contributed by atoms with van der Waals surface area (Å²) in [5.74, 6) is 0.666. The van der Waals surface area contributed by atoms with Gasteiger partial charge in [-0.1, -0.05) is 43.7 Å². The van der Waals surface area contributed by atoms with Gasteiger partial charge in [0.05, 0.1) is 7.11 Å². The van der Waals surface area contributed by atoms with Gasteiger partial charge < -0.3 is 4.74 Å². The minimum atomic E-state index is -0.123. The number of rotatable bonds is 5. The van der Waals surface area contributed by atoms with Crippen LogP contribution in [0.2, 0.25) is 0 Å².